The van der Waals surface area contributed by atoms with Crippen LogP contribution in [0.1, 0.15) is 70.9 Å². The number of hydrogen-bond acceptors (Lipinski definition) is 2. The molecule has 1 aliphatic carbocycles. The van der Waals surface area contributed by atoms with Gasteiger partial charge in [0.2, 0.25) is 5.91 Å². The lowest BCUT2D eigenvalue weighted by Crippen LogP contribution is -2.33. The summed E-state index contributed by atoms with van der Waals surface area (Å²) in [7, 11) is 2.21. The average Bonchev–Trinajstić information content (AvgIpc) is 2.49. The molecule has 25 heavy (non-hydrogen) atoms. The third-order valence-electron chi connectivity index (χ3n) is 4.93. The van der Waals surface area contributed by atoms with Crippen molar-refractivity contribution in [2.75, 3.05) is 12.4 Å². The maximum absolute atomic E-state index is 11.7. The third kappa shape index (κ3) is 6.26. The zero-order chi connectivity index (χ0) is 17.9. The summed E-state index contributed by atoms with van der Waals surface area (Å²) < 4.78 is 1.12. The maximum atomic E-state index is 11.7. The van der Waals surface area contributed by atoms with Crippen molar-refractivity contribution < 1.29 is 4.79 Å². The molecule has 0 unspecified atom stereocenters. The summed E-state index contributed by atoms with van der Waals surface area (Å²) in [6.45, 7) is 9.02. The number of rotatable bonds is 4. The van der Waals surface area contributed by atoms with Crippen molar-refractivity contribution in [3.8, 4) is 0 Å². The highest BCUT2D eigenvalue weighted by Crippen LogP contribution is 2.35. The molecule has 0 saturated heterocycles. The van der Waals surface area contributed by atoms with E-state index < -0.39 is 0 Å². The molecule has 1 N–H and O–H groups in total. The number of halogens is 2. The standard InChI is InChI=1S/C20H31BrN2O.ClH/c1-14(24)22-19-12-17(20(2,3)4)18(21)11-15(19)13-23(5)16-9-7-6-8-10-16;/h11-12,16H,6-10,13H2,1-5H3,(H,22,24);1H. The molecule has 1 aromatic carbocycles. The van der Waals surface area contributed by atoms with Gasteiger partial charge in [0.05, 0.1) is 0 Å². The van der Waals surface area contributed by atoms with E-state index in [2.05, 4.69) is 66.1 Å². The number of nitrogens with one attached hydrogen (secondary N) is 1. The molecule has 1 amide bonds. The molecular weight excluding hydrogens is 400 g/mol. The van der Waals surface area contributed by atoms with Gasteiger partial charge in [-0.1, -0.05) is 56.0 Å². The number of benzene rings is 1. The lowest BCUT2D eigenvalue weighted by Gasteiger charge is -2.32. The molecule has 142 valence electrons. The summed E-state index contributed by atoms with van der Waals surface area (Å²) in [5, 5.41) is 3.03. The highest BCUT2D eigenvalue weighted by Gasteiger charge is 2.22. The number of nitrogens with zero attached hydrogens (tertiary/aromatic N) is 1. The largest absolute Gasteiger partial charge is 0.326 e. The highest BCUT2D eigenvalue weighted by atomic mass is 79.9. The Bertz CT molecular complexity index is 592. The Balaban J connectivity index is 0.00000312. The van der Waals surface area contributed by atoms with Crippen molar-refractivity contribution in [3.05, 3.63) is 27.7 Å². The molecule has 0 heterocycles. The van der Waals surface area contributed by atoms with Gasteiger partial charge in [0, 0.05) is 29.7 Å². The minimum atomic E-state index is -0.0150. The average molecular weight is 432 g/mol. The number of carbonyl (C=O) groups is 1. The molecule has 2 rings (SSSR count). The fourth-order valence-corrected chi connectivity index (χ4v) is 4.53. The van der Waals surface area contributed by atoms with E-state index in [-0.39, 0.29) is 23.7 Å². The van der Waals surface area contributed by atoms with E-state index >= 15 is 0 Å². The van der Waals surface area contributed by atoms with Crippen LogP contribution in [0.5, 0.6) is 0 Å². The van der Waals surface area contributed by atoms with Crippen molar-refractivity contribution in [2.24, 2.45) is 0 Å². The van der Waals surface area contributed by atoms with E-state index in [0.29, 0.717) is 6.04 Å². The van der Waals surface area contributed by atoms with Gasteiger partial charge < -0.3 is 5.32 Å². The van der Waals surface area contributed by atoms with Crippen LogP contribution in [-0.2, 0) is 16.8 Å². The predicted octanol–water partition coefficient (Wildman–Crippen LogP) is 5.89. The molecule has 0 atom stereocenters. The van der Waals surface area contributed by atoms with Crippen LogP contribution in [0.15, 0.2) is 16.6 Å². The number of anilines is 1. The quantitative estimate of drug-likeness (QED) is 0.644. The van der Waals surface area contributed by atoms with E-state index in [1.807, 2.05) is 0 Å². The van der Waals surface area contributed by atoms with E-state index in [9.17, 15) is 4.79 Å². The van der Waals surface area contributed by atoms with E-state index in [1.165, 1.54) is 43.2 Å². The van der Waals surface area contributed by atoms with Crippen LogP contribution in [0.4, 0.5) is 5.69 Å². The summed E-state index contributed by atoms with van der Waals surface area (Å²) in [6, 6.07) is 4.98. The summed E-state index contributed by atoms with van der Waals surface area (Å²) in [5.74, 6) is -0.0150. The van der Waals surface area contributed by atoms with Crippen molar-refractivity contribution in [2.45, 2.75) is 77.8 Å². The second-order valence-electron chi connectivity index (χ2n) is 8.13. The highest BCUT2D eigenvalue weighted by molar-refractivity contribution is 9.10. The second kappa shape index (κ2) is 9.38. The Hall–Kier alpha value is -0.580. The van der Waals surface area contributed by atoms with Gasteiger partial charge in [0.1, 0.15) is 0 Å². The Morgan fingerprint density at radius 3 is 2.36 bits per heavy atom. The molecular formula is C20H32BrClN2O. The van der Waals surface area contributed by atoms with Gasteiger partial charge in [-0.3, -0.25) is 9.69 Å². The Morgan fingerprint density at radius 1 is 1.24 bits per heavy atom. The monoisotopic (exact) mass is 430 g/mol. The first-order valence-electron chi connectivity index (χ1n) is 8.99. The van der Waals surface area contributed by atoms with Crippen LogP contribution in [-0.4, -0.2) is 23.9 Å². The fraction of sp³-hybridized carbons (Fsp3) is 0.650. The van der Waals surface area contributed by atoms with Crippen LogP contribution >= 0.6 is 28.3 Å². The van der Waals surface area contributed by atoms with Gasteiger partial charge >= 0.3 is 0 Å². The van der Waals surface area contributed by atoms with Crippen molar-refractivity contribution in [1.29, 1.82) is 0 Å². The van der Waals surface area contributed by atoms with Crippen LogP contribution < -0.4 is 5.32 Å². The van der Waals surface area contributed by atoms with E-state index in [4.69, 9.17) is 0 Å². The third-order valence-corrected chi connectivity index (χ3v) is 5.59. The summed E-state index contributed by atoms with van der Waals surface area (Å²) in [6.07, 6.45) is 6.61. The summed E-state index contributed by atoms with van der Waals surface area (Å²) in [5.41, 5.74) is 3.37. The van der Waals surface area contributed by atoms with Crippen LogP contribution in [0.3, 0.4) is 0 Å². The molecule has 1 saturated carbocycles. The molecule has 0 radical (unpaired) electrons. The lowest BCUT2D eigenvalue weighted by atomic mass is 9.86. The van der Waals surface area contributed by atoms with E-state index in [0.717, 1.165) is 16.7 Å². The van der Waals surface area contributed by atoms with Crippen molar-refractivity contribution >= 4 is 39.9 Å². The van der Waals surface area contributed by atoms with Crippen molar-refractivity contribution in [3.63, 3.8) is 0 Å². The Morgan fingerprint density at radius 2 is 1.84 bits per heavy atom. The van der Waals surface area contributed by atoms with Gasteiger partial charge in [-0.2, -0.15) is 0 Å². The fourth-order valence-electron chi connectivity index (χ4n) is 3.55. The molecule has 0 aliphatic heterocycles. The summed E-state index contributed by atoms with van der Waals surface area (Å²) >= 11 is 3.74. The lowest BCUT2D eigenvalue weighted by molar-refractivity contribution is -0.114. The van der Waals surface area contributed by atoms with Crippen LogP contribution in [0.25, 0.3) is 0 Å². The number of hydrogen-bond donors (Lipinski definition) is 1. The van der Waals surface area contributed by atoms with Gasteiger partial charge in [0.15, 0.2) is 0 Å². The van der Waals surface area contributed by atoms with Crippen molar-refractivity contribution in [1.82, 2.24) is 4.90 Å². The Labute approximate surface area is 167 Å². The second-order valence-corrected chi connectivity index (χ2v) is 8.98. The van der Waals surface area contributed by atoms with Crippen LogP contribution in [0, 0.1) is 0 Å². The molecule has 0 bridgehead atoms. The SMILES string of the molecule is CC(=O)Nc1cc(C(C)(C)C)c(Br)cc1CN(C)C1CCCCC1.Cl. The zero-order valence-corrected chi connectivity index (χ0v) is 18.5. The molecule has 1 aliphatic rings. The van der Waals surface area contributed by atoms with Gasteiger partial charge in [-0.25, -0.2) is 0 Å². The molecule has 5 heteroatoms. The number of carbonyl (C=O) groups excluding carboxylic acids is 1. The van der Waals surface area contributed by atoms with Gasteiger partial charge in [-0.05, 0) is 48.6 Å². The first kappa shape index (κ1) is 22.5. The molecule has 0 spiro atoms. The smallest absolute Gasteiger partial charge is 0.221 e. The first-order chi connectivity index (χ1) is 11.2. The minimum absolute atomic E-state index is 0. The normalized spacial score (nSPS) is 15.8. The number of amides is 1. The summed E-state index contributed by atoms with van der Waals surface area (Å²) in [4.78, 5) is 14.1. The first-order valence-corrected chi connectivity index (χ1v) is 9.78. The molecule has 1 aromatic rings. The molecule has 3 nitrogen and oxygen atoms in total. The van der Waals surface area contributed by atoms with Crippen LogP contribution in [0.2, 0.25) is 0 Å². The topological polar surface area (TPSA) is 32.3 Å². The van der Waals surface area contributed by atoms with Gasteiger partial charge in [0.25, 0.3) is 0 Å². The van der Waals surface area contributed by atoms with E-state index in [1.54, 1.807) is 6.92 Å². The van der Waals surface area contributed by atoms with Gasteiger partial charge in [-0.15, -0.1) is 12.4 Å². The Kier molecular flexibility index (Phi) is 8.43. The minimum Gasteiger partial charge on any atom is -0.326 e. The zero-order valence-electron chi connectivity index (χ0n) is 16.1. The maximum Gasteiger partial charge on any atom is 0.221 e. The molecule has 1 fully saturated rings. The predicted molar refractivity (Wildman–Crippen MR) is 113 cm³/mol. The molecule has 0 aromatic heterocycles.